The first kappa shape index (κ1) is 16.4. The number of hydrogen-bond donors (Lipinski definition) is 1. The van der Waals surface area contributed by atoms with E-state index < -0.39 is 0 Å². The Morgan fingerprint density at radius 2 is 2.14 bits per heavy atom. The lowest BCUT2D eigenvalue weighted by Crippen LogP contribution is -2.38. The highest BCUT2D eigenvalue weighted by Crippen LogP contribution is 2.40. The summed E-state index contributed by atoms with van der Waals surface area (Å²) in [5, 5.41) is 4.35. The van der Waals surface area contributed by atoms with Gasteiger partial charge in [0.05, 0.1) is 29.7 Å². The molecule has 4 nitrogen and oxygen atoms in total. The average molecular weight is 332 g/mol. The summed E-state index contributed by atoms with van der Waals surface area (Å²) in [7, 11) is 1.60. The smallest absolute Gasteiger partial charge is 0.310 e. The van der Waals surface area contributed by atoms with Crippen LogP contribution in [0.15, 0.2) is 12.1 Å². The van der Waals surface area contributed by atoms with Crippen LogP contribution < -0.4 is 10.1 Å². The molecule has 0 radical (unpaired) electrons. The van der Waals surface area contributed by atoms with Gasteiger partial charge in [-0.15, -0.1) is 0 Å². The summed E-state index contributed by atoms with van der Waals surface area (Å²) in [6, 6.07) is 3.55. The van der Waals surface area contributed by atoms with Crippen LogP contribution in [-0.2, 0) is 9.53 Å². The fourth-order valence-corrected chi connectivity index (χ4v) is 3.07. The molecule has 0 saturated carbocycles. The number of benzene rings is 1. The number of carbonyl (C=O) groups is 1. The van der Waals surface area contributed by atoms with Crippen LogP contribution in [0.1, 0.15) is 31.4 Å². The van der Waals surface area contributed by atoms with Crippen molar-refractivity contribution in [3.05, 3.63) is 27.7 Å². The number of ether oxygens (including phenoxy) is 2. The minimum absolute atomic E-state index is 0.0248. The van der Waals surface area contributed by atoms with Gasteiger partial charge in [-0.3, -0.25) is 4.79 Å². The number of halogens is 2. The number of carbonyl (C=O) groups excluding carboxylic acids is 1. The van der Waals surface area contributed by atoms with Gasteiger partial charge in [0, 0.05) is 18.2 Å². The third-order valence-corrected chi connectivity index (χ3v) is 4.51. The Labute approximate surface area is 134 Å². The van der Waals surface area contributed by atoms with E-state index in [0.29, 0.717) is 28.9 Å². The first-order valence-electron chi connectivity index (χ1n) is 7.00. The van der Waals surface area contributed by atoms with Gasteiger partial charge in [0.2, 0.25) is 0 Å². The van der Waals surface area contributed by atoms with Crippen molar-refractivity contribution in [2.75, 3.05) is 20.3 Å². The van der Waals surface area contributed by atoms with E-state index in [4.69, 9.17) is 32.7 Å². The Morgan fingerprint density at radius 1 is 1.38 bits per heavy atom. The second-order valence-corrected chi connectivity index (χ2v) is 5.75. The maximum atomic E-state index is 11.8. The molecule has 6 heteroatoms. The molecule has 1 aromatic carbocycles. The summed E-state index contributed by atoms with van der Waals surface area (Å²) in [5.74, 6) is 0.453. The van der Waals surface area contributed by atoms with Crippen LogP contribution in [-0.4, -0.2) is 26.2 Å². The minimum atomic E-state index is -0.146. The lowest BCUT2D eigenvalue weighted by atomic mass is 9.90. The molecule has 0 aromatic heterocycles. The van der Waals surface area contributed by atoms with Crippen molar-refractivity contribution in [1.82, 2.24) is 5.32 Å². The Hall–Kier alpha value is -0.970. The van der Waals surface area contributed by atoms with Crippen molar-refractivity contribution in [2.24, 2.45) is 5.92 Å². The summed E-state index contributed by atoms with van der Waals surface area (Å²) in [6.07, 6.45) is 1.53. The van der Waals surface area contributed by atoms with Crippen LogP contribution >= 0.6 is 23.2 Å². The van der Waals surface area contributed by atoms with E-state index in [0.717, 1.165) is 18.4 Å². The normalized spacial score (nSPS) is 21.9. The Morgan fingerprint density at radius 3 is 2.71 bits per heavy atom. The molecule has 116 valence electrons. The molecule has 1 aliphatic heterocycles. The zero-order valence-electron chi connectivity index (χ0n) is 12.1. The van der Waals surface area contributed by atoms with E-state index in [9.17, 15) is 4.79 Å². The summed E-state index contributed by atoms with van der Waals surface area (Å²) in [6.45, 7) is 2.79. The van der Waals surface area contributed by atoms with Crippen molar-refractivity contribution < 1.29 is 14.3 Å². The monoisotopic (exact) mass is 331 g/mol. The maximum Gasteiger partial charge on any atom is 0.310 e. The van der Waals surface area contributed by atoms with Gasteiger partial charge < -0.3 is 14.8 Å². The van der Waals surface area contributed by atoms with Crippen molar-refractivity contribution in [1.29, 1.82) is 0 Å². The molecule has 0 spiro atoms. The molecule has 1 heterocycles. The van der Waals surface area contributed by atoms with Gasteiger partial charge in [-0.25, -0.2) is 0 Å². The maximum absolute atomic E-state index is 11.8. The summed E-state index contributed by atoms with van der Waals surface area (Å²) in [5.41, 5.74) is 0.856. The van der Waals surface area contributed by atoms with Gasteiger partial charge in [0.15, 0.2) is 0 Å². The van der Waals surface area contributed by atoms with E-state index >= 15 is 0 Å². The number of nitrogens with one attached hydrogen (secondary N) is 1. The van der Waals surface area contributed by atoms with Gasteiger partial charge in [0.25, 0.3) is 0 Å². The van der Waals surface area contributed by atoms with Crippen LogP contribution in [0.3, 0.4) is 0 Å². The molecule has 0 amide bonds. The lowest BCUT2D eigenvalue weighted by Gasteiger charge is -2.30. The molecule has 1 fully saturated rings. The lowest BCUT2D eigenvalue weighted by molar-refractivity contribution is -0.148. The van der Waals surface area contributed by atoms with E-state index in [1.807, 2.05) is 13.0 Å². The van der Waals surface area contributed by atoms with Crippen molar-refractivity contribution >= 4 is 29.2 Å². The van der Waals surface area contributed by atoms with E-state index in [1.165, 1.54) is 0 Å². The zero-order valence-corrected chi connectivity index (χ0v) is 13.6. The summed E-state index contributed by atoms with van der Waals surface area (Å²) in [4.78, 5) is 11.8. The largest absolute Gasteiger partial charge is 0.496 e. The van der Waals surface area contributed by atoms with Gasteiger partial charge in [-0.05, 0) is 31.9 Å². The fourth-order valence-electron chi connectivity index (χ4n) is 2.62. The van der Waals surface area contributed by atoms with Crippen molar-refractivity contribution in [3.8, 4) is 5.75 Å². The van der Waals surface area contributed by atoms with Gasteiger partial charge in [-0.1, -0.05) is 23.2 Å². The number of methoxy groups -OCH3 is 1. The molecule has 2 atom stereocenters. The number of rotatable bonds is 4. The quantitative estimate of drug-likeness (QED) is 0.856. The second-order valence-electron chi connectivity index (χ2n) is 4.96. The third-order valence-electron chi connectivity index (χ3n) is 3.70. The molecule has 0 bridgehead atoms. The van der Waals surface area contributed by atoms with E-state index in [1.54, 1.807) is 13.2 Å². The number of piperidine rings is 1. The first-order chi connectivity index (χ1) is 10.1. The van der Waals surface area contributed by atoms with E-state index in [-0.39, 0.29) is 17.9 Å². The minimum Gasteiger partial charge on any atom is -0.496 e. The van der Waals surface area contributed by atoms with Crippen molar-refractivity contribution in [2.45, 2.75) is 25.8 Å². The molecule has 1 saturated heterocycles. The molecule has 1 aromatic rings. The fraction of sp³-hybridized carbons (Fsp3) is 0.533. The highest BCUT2D eigenvalue weighted by atomic mass is 35.5. The molecule has 0 aliphatic carbocycles. The summed E-state index contributed by atoms with van der Waals surface area (Å²) >= 11 is 12.4. The van der Waals surface area contributed by atoms with Crippen LogP contribution in [0.4, 0.5) is 0 Å². The van der Waals surface area contributed by atoms with Crippen LogP contribution in [0.5, 0.6) is 5.75 Å². The molecule has 1 N–H and O–H groups in total. The average Bonchev–Trinajstić information content (AvgIpc) is 2.50. The highest BCUT2D eigenvalue weighted by Gasteiger charge is 2.30. The molecule has 21 heavy (non-hydrogen) atoms. The zero-order chi connectivity index (χ0) is 15.4. The molecule has 1 aliphatic rings. The predicted octanol–water partition coefficient (Wildman–Crippen LogP) is 3.61. The Balaban J connectivity index is 2.12. The Kier molecular flexibility index (Phi) is 5.73. The standard InChI is InChI=1S/C15H19Cl2NO3/c1-3-21-15(19)9-4-6-11(18-8-9)13-12(20-2)7-5-10(16)14(13)17/h5,7,9,11,18H,3-4,6,8H2,1-2H3. The topological polar surface area (TPSA) is 47.6 Å². The Bertz CT molecular complexity index is 514. The molecular formula is C15H19Cl2NO3. The highest BCUT2D eigenvalue weighted by molar-refractivity contribution is 6.42. The predicted molar refractivity (Wildman–Crippen MR) is 83.1 cm³/mol. The number of hydrogen-bond acceptors (Lipinski definition) is 4. The van der Waals surface area contributed by atoms with Crippen LogP contribution in [0.2, 0.25) is 10.0 Å². The first-order valence-corrected chi connectivity index (χ1v) is 7.76. The third kappa shape index (κ3) is 3.62. The van der Waals surface area contributed by atoms with Crippen LogP contribution in [0.25, 0.3) is 0 Å². The summed E-state index contributed by atoms with van der Waals surface area (Å²) < 4.78 is 10.4. The SMILES string of the molecule is CCOC(=O)C1CCC(c2c(OC)ccc(Cl)c2Cl)NC1. The second kappa shape index (κ2) is 7.34. The molecule has 2 rings (SSSR count). The van der Waals surface area contributed by atoms with Gasteiger partial charge in [0.1, 0.15) is 5.75 Å². The van der Waals surface area contributed by atoms with Gasteiger partial charge >= 0.3 is 5.97 Å². The molecular weight excluding hydrogens is 313 g/mol. The van der Waals surface area contributed by atoms with Crippen LogP contribution in [0, 0.1) is 5.92 Å². The van der Waals surface area contributed by atoms with Gasteiger partial charge in [-0.2, -0.15) is 0 Å². The molecule has 2 unspecified atom stereocenters. The number of esters is 1. The van der Waals surface area contributed by atoms with E-state index in [2.05, 4.69) is 5.32 Å². The van der Waals surface area contributed by atoms with Crippen molar-refractivity contribution in [3.63, 3.8) is 0 Å².